The van der Waals surface area contributed by atoms with Gasteiger partial charge in [-0.05, 0) is 19.3 Å². The van der Waals surface area contributed by atoms with Crippen LogP contribution in [0.5, 0.6) is 0 Å². The third-order valence-corrected chi connectivity index (χ3v) is 12.7. The zero-order chi connectivity index (χ0) is 43.6. The van der Waals surface area contributed by atoms with Crippen molar-refractivity contribution >= 4 is 13.7 Å². The highest BCUT2D eigenvalue weighted by Crippen LogP contribution is 2.43. The van der Waals surface area contributed by atoms with Crippen LogP contribution in [0.3, 0.4) is 0 Å². The predicted molar refractivity (Wildman–Crippen MR) is 254 cm³/mol. The molecule has 0 saturated carbocycles. The number of phosphoric ester groups is 1. The number of aliphatic hydroxyl groups is 1. The van der Waals surface area contributed by atoms with Crippen molar-refractivity contribution < 1.29 is 32.9 Å². The number of unbranched alkanes of at least 4 members (excludes halogenated alkanes) is 34. The third kappa shape index (κ3) is 45.1. The fraction of sp³-hybridized carbons (Fsp3) is 0.940. The zero-order valence-electron chi connectivity index (χ0n) is 40.0. The summed E-state index contributed by atoms with van der Waals surface area (Å²) in [4.78, 5) is 22.8. The topological polar surface area (TPSA) is 105 Å². The Bertz CT molecular complexity index is 974. The van der Waals surface area contributed by atoms with E-state index in [1.165, 1.54) is 186 Å². The minimum atomic E-state index is -4.32. The molecule has 3 N–H and O–H groups in total. The number of hydrogen-bond donors (Lipinski definition) is 3. The first-order chi connectivity index (χ1) is 28.5. The van der Waals surface area contributed by atoms with Gasteiger partial charge < -0.3 is 19.8 Å². The Hall–Kier alpha value is -0.760. The fourth-order valence-electron chi connectivity index (χ4n) is 7.69. The molecule has 0 aliphatic heterocycles. The lowest BCUT2D eigenvalue weighted by Crippen LogP contribution is -2.45. The van der Waals surface area contributed by atoms with E-state index in [9.17, 15) is 19.4 Å². The molecule has 0 rings (SSSR count). The second-order valence-electron chi connectivity index (χ2n) is 18.9. The van der Waals surface area contributed by atoms with Crippen LogP contribution in [0.2, 0.25) is 0 Å². The van der Waals surface area contributed by atoms with Gasteiger partial charge in [0.25, 0.3) is 0 Å². The molecule has 0 aromatic carbocycles. The van der Waals surface area contributed by atoms with Gasteiger partial charge in [-0.25, -0.2) is 4.57 Å². The maximum atomic E-state index is 12.6. The van der Waals surface area contributed by atoms with E-state index in [0.29, 0.717) is 17.4 Å². The molecule has 0 aromatic heterocycles. The van der Waals surface area contributed by atoms with Gasteiger partial charge in [0.15, 0.2) is 0 Å². The molecule has 59 heavy (non-hydrogen) atoms. The number of amides is 1. The van der Waals surface area contributed by atoms with Crippen molar-refractivity contribution in [2.75, 3.05) is 40.9 Å². The second kappa shape index (κ2) is 42.5. The van der Waals surface area contributed by atoms with Crippen LogP contribution in [0, 0.1) is 0 Å². The highest BCUT2D eigenvalue weighted by molar-refractivity contribution is 7.47. The second-order valence-corrected chi connectivity index (χ2v) is 20.4. The summed E-state index contributed by atoms with van der Waals surface area (Å²) in [6, 6.07) is -0.838. The van der Waals surface area contributed by atoms with Gasteiger partial charge in [0.05, 0.1) is 39.9 Å². The molecule has 0 bridgehead atoms. The van der Waals surface area contributed by atoms with Crippen LogP contribution >= 0.6 is 7.82 Å². The van der Waals surface area contributed by atoms with Crippen molar-refractivity contribution in [3.63, 3.8) is 0 Å². The summed E-state index contributed by atoms with van der Waals surface area (Å²) in [5, 5.41) is 13.7. The molecule has 0 radical (unpaired) electrons. The van der Waals surface area contributed by atoms with Crippen LogP contribution in [0.15, 0.2) is 12.2 Å². The molecule has 0 saturated heterocycles. The molecule has 0 fully saturated rings. The number of carbonyl (C=O) groups is 1. The number of phosphoric acid groups is 1. The quantitative estimate of drug-likeness (QED) is 0.0244. The number of nitrogens with one attached hydrogen (secondary N) is 1. The van der Waals surface area contributed by atoms with Gasteiger partial charge >= 0.3 is 7.82 Å². The van der Waals surface area contributed by atoms with E-state index < -0.39 is 20.0 Å². The van der Waals surface area contributed by atoms with E-state index in [2.05, 4.69) is 19.2 Å². The number of carbonyl (C=O) groups excluding carboxylic acids is 1. The van der Waals surface area contributed by atoms with Crippen LogP contribution in [0.1, 0.15) is 251 Å². The van der Waals surface area contributed by atoms with E-state index >= 15 is 0 Å². The van der Waals surface area contributed by atoms with E-state index in [0.717, 1.165) is 44.9 Å². The molecule has 9 heteroatoms. The maximum absolute atomic E-state index is 12.6. The van der Waals surface area contributed by atoms with E-state index in [1.807, 2.05) is 27.2 Å². The van der Waals surface area contributed by atoms with Gasteiger partial charge in [-0.2, -0.15) is 0 Å². The third-order valence-electron chi connectivity index (χ3n) is 11.8. The first-order valence-electron chi connectivity index (χ1n) is 25.6. The van der Waals surface area contributed by atoms with Gasteiger partial charge in [0, 0.05) is 6.42 Å². The van der Waals surface area contributed by atoms with Crippen molar-refractivity contribution in [1.29, 1.82) is 0 Å². The summed E-state index contributed by atoms with van der Waals surface area (Å²) in [6.07, 6.45) is 50.9. The largest absolute Gasteiger partial charge is 0.472 e. The summed E-state index contributed by atoms with van der Waals surface area (Å²) in [7, 11) is 1.58. The number of rotatable bonds is 47. The molecule has 0 heterocycles. The van der Waals surface area contributed by atoms with E-state index in [-0.39, 0.29) is 19.1 Å². The van der Waals surface area contributed by atoms with Crippen LogP contribution in [-0.2, 0) is 18.4 Å². The Kier molecular flexibility index (Phi) is 42.0. The molecule has 1 amide bonds. The summed E-state index contributed by atoms with van der Waals surface area (Å²) >= 11 is 0. The highest BCUT2D eigenvalue weighted by Gasteiger charge is 2.27. The average molecular weight is 858 g/mol. The standard InChI is InChI=1S/C50H101N2O6P/c1-6-8-10-12-13-14-15-16-17-18-19-20-21-22-23-24-25-26-27-28-29-30-31-32-33-34-35-36-37-38-40-41-43-49(53)48(51-50(54)44-42-39-11-9-7-2)47-58-59(55,56)57-46-45-52(3,4)5/h41,43,48-49,53H,6-40,42,44-47H2,1-5H3,(H-,51,54,55,56)/p+1/b43-41+. The summed E-state index contributed by atoms with van der Waals surface area (Å²) in [6.45, 7) is 4.74. The zero-order valence-corrected chi connectivity index (χ0v) is 40.9. The van der Waals surface area contributed by atoms with Crippen molar-refractivity contribution in [1.82, 2.24) is 5.32 Å². The lowest BCUT2D eigenvalue weighted by atomic mass is 10.0. The fourth-order valence-corrected chi connectivity index (χ4v) is 8.43. The number of likely N-dealkylation sites (N-methyl/N-ethyl adjacent to an activating group) is 1. The van der Waals surface area contributed by atoms with Crippen molar-refractivity contribution in [2.45, 2.75) is 264 Å². The molecule has 0 aliphatic carbocycles. The summed E-state index contributed by atoms with van der Waals surface area (Å²) < 4.78 is 23.4. The lowest BCUT2D eigenvalue weighted by Gasteiger charge is -2.25. The number of allylic oxidation sites excluding steroid dienone is 1. The van der Waals surface area contributed by atoms with Gasteiger partial charge in [0.2, 0.25) is 5.91 Å². The maximum Gasteiger partial charge on any atom is 0.472 e. The molecule has 3 unspecified atom stereocenters. The minimum absolute atomic E-state index is 0.0637. The van der Waals surface area contributed by atoms with Crippen molar-refractivity contribution in [3.05, 3.63) is 12.2 Å². The number of quaternary nitrogens is 1. The molecule has 352 valence electrons. The molecule has 0 aromatic rings. The molecular formula is C50H102N2O6P+. The Morgan fingerprint density at radius 2 is 0.898 bits per heavy atom. The number of nitrogens with zero attached hydrogens (tertiary/aromatic N) is 1. The van der Waals surface area contributed by atoms with Crippen LogP contribution < -0.4 is 5.32 Å². The van der Waals surface area contributed by atoms with Gasteiger partial charge in [-0.15, -0.1) is 0 Å². The predicted octanol–water partition coefficient (Wildman–Crippen LogP) is 14.7. The first-order valence-corrected chi connectivity index (χ1v) is 27.1. The molecule has 0 aliphatic rings. The van der Waals surface area contributed by atoms with E-state index in [1.54, 1.807) is 6.08 Å². The van der Waals surface area contributed by atoms with Crippen LogP contribution in [-0.4, -0.2) is 73.4 Å². The molecule has 0 spiro atoms. The van der Waals surface area contributed by atoms with Crippen LogP contribution in [0.4, 0.5) is 0 Å². The van der Waals surface area contributed by atoms with Gasteiger partial charge in [-0.3, -0.25) is 13.8 Å². The van der Waals surface area contributed by atoms with E-state index in [4.69, 9.17) is 9.05 Å². The average Bonchev–Trinajstić information content (AvgIpc) is 3.19. The Balaban J connectivity index is 3.85. The number of aliphatic hydroxyl groups excluding tert-OH is 1. The highest BCUT2D eigenvalue weighted by atomic mass is 31.2. The molecule has 3 atom stereocenters. The SMILES string of the molecule is CCCCCCCCCCCCCCCCCCCCCCCCCCCCCCCC/C=C/C(O)C(COP(=O)(O)OCC[N+](C)(C)C)NC(=O)CCCCCCC. The normalized spacial score (nSPS) is 14.2. The summed E-state index contributed by atoms with van der Waals surface area (Å²) in [5.74, 6) is -0.188. The van der Waals surface area contributed by atoms with Gasteiger partial charge in [-0.1, -0.05) is 238 Å². The van der Waals surface area contributed by atoms with Crippen molar-refractivity contribution in [2.24, 2.45) is 0 Å². The smallest absolute Gasteiger partial charge is 0.387 e. The first kappa shape index (κ1) is 58.2. The summed E-state index contributed by atoms with van der Waals surface area (Å²) in [5.41, 5.74) is 0. The number of hydrogen-bond acceptors (Lipinski definition) is 5. The molecule has 8 nitrogen and oxygen atoms in total. The monoisotopic (exact) mass is 858 g/mol. The Morgan fingerprint density at radius 1 is 0.559 bits per heavy atom. The van der Waals surface area contributed by atoms with Gasteiger partial charge in [0.1, 0.15) is 13.2 Å². The minimum Gasteiger partial charge on any atom is -0.387 e. The Morgan fingerprint density at radius 3 is 1.25 bits per heavy atom. The lowest BCUT2D eigenvalue weighted by molar-refractivity contribution is -0.870. The van der Waals surface area contributed by atoms with Crippen LogP contribution in [0.25, 0.3) is 0 Å². The molecular weight excluding hydrogens is 756 g/mol. The van der Waals surface area contributed by atoms with Crippen molar-refractivity contribution in [3.8, 4) is 0 Å². The Labute approximate surface area is 367 Å².